The fraction of sp³-hybridized carbons (Fsp3) is 0.125. The van der Waals surface area contributed by atoms with Crippen LogP contribution >= 0.6 is 11.3 Å². The molecule has 0 aliphatic carbocycles. The molecule has 1 aromatic heterocycles. The highest BCUT2D eigenvalue weighted by molar-refractivity contribution is 7.08. The smallest absolute Gasteiger partial charge is 0.152 e. The first kappa shape index (κ1) is 7.22. The Balaban J connectivity index is 2.64. The van der Waals surface area contributed by atoms with Gasteiger partial charge in [0.05, 0.1) is 0 Å². The molecule has 0 bridgehead atoms. The molecule has 0 aliphatic rings. The maximum absolute atomic E-state index is 10.5. The molecule has 0 atom stereocenters. The number of carbonyl (C=O) groups is 1. The number of allylic oxidation sites excluding steroid dienone is 1. The second-order valence-electron chi connectivity index (χ2n) is 2.00. The van der Waals surface area contributed by atoms with E-state index in [0.29, 0.717) is 0 Å². The molecule has 0 N–H and O–H groups in total. The Morgan fingerprint density at radius 2 is 2.50 bits per heavy atom. The third-order valence-corrected chi connectivity index (χ3v) is 1.76. The Bertz CT molecular complexity index is 234. The molecule has 0 radical (unpaired) electrons. The van der Waals surface area contributed by atoms with Gasteiger partial charge < -0.3 is 0 Å². The SMILES string of the molecule is CC(=O)/C=C\c1ccsc1. The van der Waals surface area contributed by atoms with Crippen molar-refractivity contribution in [1.82, 2.24) is 0 Å². The molecule has 1 rings (SSSR count). The van der Waals surface area contributed by atoms with Crippen molar-refractivity contribution in [2.45, 2.75) is 6.92 Å². The molecule has 0 unspecified atom stereocenters. The molecule has 0 aromatic carbocycles. The van der Waals surface area contributed by atoms with E-state index in [1.165, 1.54) is 0 Å². The predicted molar refractivity (Wildman–Crippen MR) is 44.0 cm³/mol. The average Bonchev–Trinajstić information content (AvgIpc) is 2.34. The van der Waals surface area contributed by atoms with Gasteiger partial charge in [-0.15, -0.1) is 0 Å². The van der Waals surface area contributed by atoms with Crippen molar-refractivity contribution in [3.63, 3.8) is 0 Å². The number of hydrogen-bond donors (Lipinski definition) is 0. The highest BCUT2D eigenvalue weighted by atomic mass is 32.1. The van der Waals surface area contributed by atoms with Crippen LogP contribution in [0.1, 0.15) is 12.5 Å². The lowest BCUT2D eigenvalue weighted by atomic mass is 10.3. The van der Waals surface area contributed by atoms with Gasteiger partial charge in [0.2, 0.25) is 0 Å². The first-order chi connectivity index (χ1) is 4.79. The zero-order valence-electron chi connectivity index (χ0n) is 5.70. The van der Waals surface area contributed by atoms with E-state index in [4.69, 9.17) is 0 Å². The van der Waals surface area contributed by atoms with Gasteiger partial charge in [-0.2, -0.15) is 11.3 Å². The topological polar surface area (TPSA) is 17.1 Å². The van der Waals surface area contributed by atoms with Crippen molar-refractivity contribution < 1.29 is 4.79 Å². The zero-order valence-corrected chi connectivity index (χ0v) is 6.52. The van der Waals surface area contributed by atoms with Gasteiger partial charge in [-0.05, 0) is 35.4 Å². The van der Waals surface area contributed by atoms with Gasteiger partial charge in [0.15, 0.2) is 5.78 Å². The minimum atomic E-state index is 0.0891. The van der Waals surface area contributed by atoms with E-state index in [1.807, 2.05) is 22.9 Å². The number of carbonyl (C=O) groups excluding carboxylic acids is 1. The Morgan fingerprint density at radius 1 is 1.70 bits per heavy atom. The van der Waals surface area contributed by atoms with E-state index in [9.17, 15) is 4.79 Å². The normalized spacial score (nSPS) is 10.5. The first-order valence-electron chi connectivity index (χ1n) is 3.00. The van der Waals surface area contributed by atoms with E-state index >= 15 is 0 Å². The predicted octanol–water partition coefficient (Wildman–Crippen LogP) is 2.35. The van der Waals surface area contributed by atoms with Gasteiger partial charge in [-0.3, -0.25) is 4.79 Å². The van der Waals surface area contributed by atoms with E-state index in [1.54, 1.807) is 24.3 Å². The van der Waals surface area contributed by atoms with Crippen molar-refractivity contribution in [2.24, 2.45) is 0 Å². The molecule has 1 nitrogen and oxygen atoms in total. The molecule has 52 valence electrons. The summed E-state index contributed by atoms with van der Waals surface area (Å²) in [4.78, 5) is 10.5. The highest BCUT2D eigenvalue weighted by Crippen LogP contribution is 2.07. The van der Waals surface area contributed by atoms with Gasteiger partial charge in [-0.25, -0.2) is 0 Å². The Labute approximate surface area is 64.0 Å². The zero-order chi connectivity index (χ0) is 7.40. The number of hydrogen-bond acceptors (Lipinski definition) is 2. The lowest BCUT2D eigenvalue weighted by Gasteiger charge is -1.79. The van der Waals surface area contributed by atoms with Crippen LogP contribution in [0, 0.1) is 0 Å². The van der Waals surface area contributed by atoms with E-state index in [-0.39, 0.29) is 5.78 Å². The van der Waals surface area contributed by atoms with Crippen LogP contribution in [-0.2, 0) is 4.79 Å². The van der Waals surface area contributed by atoms with Crippen molar-refractivity contribution in [3.05, 3.63) is 28.5 Å². The van der Waals surface area contributed by atoms with Crippen molar-refractivity contribution in [3.8, 4) is 0 Å². The van der Waals surface area contributed by atoms with Crippen LogP contribution in [0.25, 0.3) is 6.08 Å². The van der Waals surface area contributed by atoms with Crippen LogP contribution in [-0.4, -0.2) is 5.78 Å². The summed E-state index contributed by atoms with van der Waals surface area (Å²) in [6, 6.07) is 1.98. The minimum absolute atomic E-state index is 0.0891. The molecule has 10 heavy (non-hydrogen) atoms. The second-order valence-corrected chi connectivity index (χ2v) is 2.78. The largest absolute Gasteiger partial charge is 0.295 e. The third kappa shape index (κ3) is 2.15. The number of ketones is 1. The van der Waals surface area contributed by atoms with Crippen LogP contribution in [0.5, 0.6) is 0 Å². The average molecular weight is 152 g/mol. The van der Waals surface area contributed by atoms with Crippen molar-refractivity contribution in [2.75, 3.05) is 0 Å². The van der Waals surface area contributed by atoms with E-state index < -0.39 is 0 Å². The molecule has 2 heteroatoms. The highest BCUT2D eigenvalue weighted by Gasteiger charge is 1.85. The fourth-order valence-corrected chi connectivity index (χ4v) is 1.21. The van der Waals surface area contributed by atoms with Gasteiger partial charge in [0.1, 0.15) is 0 Å². The molecule has 0 spiro atoms. The standard InChI is InChI=1S/C8H8OS/c1-7(9)2-3-8-4-5-10-6-8/h2-6H,1H3/b3-2-. The molecule has 0 saturated heterocycles. The summed E-state index contributed by atoms with van der Waals surface area (Å²) in [5.41, 5.74) is 1.10. The van der Waals surface area contributed by atoms with Gasteiger partial charge in [0.25, 0.3) is 0 Å². The van der Waals surface area contributed by atoms with E-state index in [0.717, 1.165) is 5.56 Å². The molecule has 0 aliphatic heterocycles. The molecule has 1 aromatic rings. The maximum atomic E-state index is 10.5. The van der Waals surface area contributed by atoms with Gasteiger partial charge in [-0.1, -0.05) is 6.08 Å². The maximum Gasteiger partial charge on any atom is 0.152 e. The molecule has 0 amide bonds. The Morgan fingerprint density at radius 3 is 3.00 bits per heavy atom. The summed E-state index contributed by atoms with van der Waals surface area (Å²) in [5, 5.41) is 3.99. The van der Waals surface area contributed by atoms with E-state index in [2.05, 4.69) is 0 Å². The van der Waals surface area contributed by atoms with Crippen LogP contribution in [0.15, 0.2) is 22.9 Å². The third-order valence-electron chi connectivity index (χ3n) is 1.05. The van der Waals surface area contributed by atoms with Crippen molar-refractivity contribution >= 4 is 23.2 Å². The Hall–Kier alpha value is -0.890. The minimum Gasteiger partial charge on any atom is -0.295 e. The molecule has 0 fully saturated rings. The first-order valence-corrected chi connectivity index (χ1v) is 3.94. The lowest BCUT2D eigenvalue weighted by Crippen LogP contribution is -1.77. The number of thiophene rings is 1. The summed E-state index contributed by atoms with van der Waals surface area (Å²) in [7, 11) is 0. The van der Waals surface area contributed by atoms with Gasteiger partial charge >= 0.3 is 0 Å². The van der Waals surface area contributed by atoms with Crippen LogP contribution in [0.2, 0.25) is 0 Å². The van der Waals surface area contributed by atoms with Crippen LogP contribution in [0.3, 0.4) is 0 Å². The van der Waals surface area contributed by atoms with Crippen LogP contribution in [0.4, 0.5) is 0 Å². The summed E-state index contributed by atoms with van der Waals surface area (Å²) in [5.74, 6) is 0.0891. The Kier molecular flexibility index (Phi) is 2.40. The fourth-order valence-electron chi connectivity index (χ4n) is 0.583. The molecule has 1 heterocycles. The quantitative estimate of drug-likeness (QED) is 0.594. The molecule has 0 saturated carbocycles. The molecular formula is C8H8OS. The van der Waals surface area contributed by atoms with Gasteiger partial charge in [0, 0.05) is 0 Å². The summed E-state index contributed by atoms with van der Waals surface area (Å²) < 4.78 is 0. The lowest BCUT2D eigenvalue weighted by molar-refractivity contribution is -0.112. The molecular weight excluding hydrogens is 144 g/mol. The van der Waals surface area contributed by atoms with Crippen molar-refractivity contribution in [1.29, 1.82) is 0 Å². The number of rotatable bonds is 2. The monoisotopic (exact) mass is 152 g/mol. The summed E-state index contributed by atoms with van der Waals surface area (Å²) in [6.45, 7) is 1.54. The second kappa shape index (κ2) is 3.32. The summed E-state index contributed by atoms with van der Waals surface area (Å²) in [6.07, 6.45) is 3.39. The van der Waals surface area contributed by atoms with Crippen LogP contribution < -0.4 is 0 Å². The summed E-state index contributed by atoms with van der Waals surface area (Å²) >= 11 is 1.63.